The summed E-state index contributed by atoms with van der Waals surface area (Å²) in [7, 11) is 2.31. The molecule has 28 heavy (non-hydrogen) atoms. The van der Waals surface area contributed by atoms with Crippen LogP contribution in [0.3, 0.4) is 0 Å². The van der Waals surface area contributed by atoms with E-state index >= 15 is 0 Å². The number of piperidine rings is 2. The van der Waals surface area contributed by atoms with Crippen LogP contribution in [0, 0.1) is 0 Å². The van der Waals surface area contributed by atoms with E-state index in [1.807, 2.05) is 13.0 Å². The summed E-state index contributed by atoms with van der Waals surface area (Å²) < 4.78 is 5.00. The smallest absolute Gasteiger partial charge is 0.314 e. The van der Waals surface area contributed by atoms with Crippen LogP contribution < -0.4 is 0 Å². The van der Waals surface area contributed by atoms with Crippen molar-refractivity contribution in [2.24, 2.45) is 0 Å². The molecule has 5 nitrogen and oxygen atoms in total. The van der Waals surface area contributed by atoms with Crippen molar-refractivity contribution >= 4 is 11.9 Å². The van der Waals surface area contributed by atoms with Crippen LogP contribution in [0.15, 0.2) is 30.3 Å². The first-order chi connectivity index (χ1) is 13.5. The van der Waals surface area contributed by atoms with Crippen LogP contribution in [0.1, 0.15) is 77.6 Å². The number of esters is 1. The van der Waals surface area contributed by atoms with Gasteiger partial charge in [0.15, 0.2) is 0 Å². The Morgan fingerprint density at radius 1 is 1.14 bits per heavy atom. The molecule has 2 fully saturated rings. The Hall–Kier alpha value is -1.88. The van der Waals surface area contributed by atoms with E-state index in [1.165, 1.54) is 38.5 Å². The van der Waals surface area contributed by atoms with Gasteiger partial charge < -0.3 is 14.7 Å². The molecular formula is C23H37NO4. The molecule has 2 saturated heterocycles. The maximum Gasteiger partial charge on any atom is 0.314 e. The SMILES string of the molecule is CCCCC(=O)OCC(C(=O)O)c1ccccc1.CN1C2CCCC1CCC2.[HH]. The minimum Gasteiger partial charge on any atom is -0.481 e. The molecule has 0 aliphatic carbocycles. The van der Waals surface area contributed by atoms with Gasteiger partial charge in [-0.3, -0.25) is 9.59 Å². The molecular weight excluding hydrogens is 354 g/mol. The Balaban J connectivity index is 0.000000321. The van der Waals surface area contributed by atoms with Crippen molar-refractivity contribution in [2.75, 3.05) is 13.7 Å². The molecule has 0 amide bonds. The maximum atomic E-state index is 11.3. The topological polar surface area (TPSA) is 66.8 Å². The number of carbonyl (C=O) groups is 2. The lowest BCUT2D eigenvalue weighted by Crippen LogP contribution is -2.46. The van der Waals surface area contributed by atoms with Crippen molar-refractivity contribution in [2.45, 2.75) is 82.7 Å². The van der Waals surface area contributed by atoms with Gasteiger partial charge in [0.05, 0.1) is 0 Å². The highest BCUT2D eigenvalue weighted by Gasteiger charge is 2.30. The number of hydrogen-bond donors (Lipinski definition) is 1. The van der Waals surface area contributed by atoms with Gasteiger partial charge in [-0.05, 0) is 44.7 Å². The fourth-order valence-electron chi connectivity index (χ4n) is 4.14. The molecule has 5 heteroatoms. The lowest BCUT2D eigenvalue weighted by atomic mass is 9.85. The van der Waals surface area contributed by atoms with Crippen LogP contribution in [0.25, 0.3) is 0 Å². The van der Waals surface area contributed by atoms with Crippen LogP contribution in [-0.4, -0.2) is 47.7 Å². The minimum absolute atomic E-state index is 0. The number of carbonyl (C=O) groups excluding carboxylic acids is 1. The van der Waals surface area contributed by atoms with Crippen LogP contribution in [0.5, 0.6) is 0 Å². The molecule has 1 unspecified atom stereocenters. The average molecular weight is 392 g/mol. The molecule has 1 atom stereocenters. The fourth-order valence-corrected chi connectivity index (χ4v) is 4.14. The van der Waals surface area contributed by atoms with Crippen LogP contribution in [0.4, 0.5) is 0 Å². The van der Waals surface area contributed by atoms with Crippen molar-refractivity contribution in [3.63, 3.8) is 0 Å². The third-order valence-electron chi connectivity index (χ3n) is 5.95. The first-order valence-corrected chi connectivity index (χ1v) is 10.7. The summed E-state index contributed by atoms with van der Waals surface area (Å²) in [4.78, 5) is 25.1. The number of benzene rings is 1. The molecule has 1 N–H and O–H groups in total. The van der Waals surface area contributed by atoms with Gasteiger partial charge in [0.1, 0.15) is 12.5 Å². The Kier molecular flexibility index (Phi) is 9.48. The molecule has 1 aromatic carbocycles. The number of ether oxygens (including phenoxy) is 1. The molecule has 2 bridgehead atoms. The van der Waals surface area contributed by atoms with Crippen molar-refractivity contribution in [3.8, 4) is 0 Å². The molecule has 158 valence electrons. The number of carboxylic acids is 1. The molecule has 0 spiro atoms. The minimum atomic E-state index is -0.982. The zero-order valence-corrected chi connectivity index (χ0v) is 17.3. The highest BCUT2D eigenvalue weighted by atomic mass is 16.5. The van der Waals surface area contributed by atoms with E-state index in [1.54, 1.807) is 24.3 Å². The predicted molar refractivity (Wildman–Crippen MR) is 112 cm³/mol. The van der Waals surface area contributed by atoms with Gasteiger partial charge in [0.2, 0.25) is 0 Å². The maximum absolute atomic E-state index is 11.3. The van der Waals surface area contributed by atoms with E-state index in [-0.39, 0.29) is 14.0 Å². The number of rotatable bonds is 7. The van der Waals surface area contributed by atoms with Gasteiger partial charge in [-0.1, -0.05) is 56.5 Å². The lowest BCUT2D eigenvalue weighted by Gasteiger charge is -2.43. The van der Waals surface area contributed by atoms with Crippen LogP contribution >= 0.6 is 0 Å². The number of carboxylic acid groups (broad SMARTS) is 1. The van der Waals surface area contributed by atoms with E-state index in [0.29, 0.717) is 12.0 Å². The summed E-state index contributed by atoms with van der Waals surface area (Å²) in [5.41, 5.74) is 0.647. The van der Waals surface area contributed by atoms with Crippen molar-refractivity contribution in [1.82, 2.24) is 4.90 Å². The molecule has 3 rings (SSSR count). The molecule has 1 aromatic rings. The Morgan fingerprint density at radius 3 is 2.18 bits per heavy atom. The third-order valence-corrected chi connectivity index (χ3v) is 5.95. The summed E-state index contributed by atoms with van der Waals surface area (Å²) in [6.45, 7) is 1.87. The van der Waals surface area contributed by atoms with Gasteiger partial charge >= 0.3 is 11.9 Å². The van der Waals surface area contributed by atoms with E-state index in [4.69, 9.17) is 9.84 Å². The summed E-state index contributed by atoms with van der Waals surface area (Å²) >= 11 is 0. The lowest BCUT2D eigenvalue weighted by molar-refractivity contribution is -0.148. The standard InChI is InChI=1S/C14H18O4.C9H17N.H2/c1-2-3-9-13(15)18-10-12(14(16)17)11-7-5-4-6-8-11;1-10-8-4-2-5-9(10)7-3-6-8;/h4-8,12H,2-3,9-10H2,1H3,(H,16,17);8-9H,2-7H2,1H3;1H. The first-order valence-electron chi connectivity index (χ1n) is 10.7. The molecule has 0 saturated carbocycles. The van der Waals surface area contributed by atoms with Gasteiger partial charge in [-0.25, -0.2) is 0 Å². The number of nitrogens with zero attached hydrogens (tertiary/aromatic N) is 1. The highest BCUT2D eigenvalue weighted by molar-refractivity contribution is 5.77. The van der Waals surface area contributed by atoms with Crippen LogP contribution in [0.2, 0.25) is 0 Å². The van der Waals surface area contributed by atoms with Crippen molar-refractivity contribution < 1.29 is 20.9 Å². The largest absolute Gasteiger partial charge is 0.481 e. The molecule has 2 heterocycles. The van der Waals surface area contributed by atoms with E-state index in [0.717, 1.165) is 24.9 Å². The fraction of sp³-hybridized carbons (Fsp3) is 0.652. The number of aliphatic carboxylic acids is 1. The van der Waals surface area contributed by atoms with E-state index in [9.17, 15) is 9.59 Å². The number of hydrogen-bond acceptors (Lipinski definition) is 4. The average Bonchev–Trinajstić information content (AvgIpc) is 2.67. The van der Waals surface area contributed by atoms with Crippen LogP contribution in [-0.2, 0) is 14.3 Å². The second-order valence-corrected chi connectivity index (χ2v) is 7.92. The molecule has 0 aromatic heterocycles. The number of fused-ring (bicyclic) bond motifs is 2. The molecule has 0 radical (unpaired) electrons. The molecule has 2 aliphatic rings. The Labute approximate surface area is 170 Å². The summed E-state index contributed by atoms with van der Waals surface area (Å²) in [6.07, 6.45) is 10.9. The first kappa shape index (κ1) is 22.4. The van der Waals surface area contributed by atoms with Gasteiger partial charge in [0, 0.05) is 19.9 Å². The summed E-state index contributed by atoms with van der Waals surface area (Å²) in [5.74, 6) is -2.11. The zero-order valence-electron chi connectivity index (χ0n) is 17.3. The Morgan fingerprint density at radius 2 is 1.71 bits per heavy atom. The molecule has 2 aliphatic heterocycles. The second-order valence-electron chi connectivity index (χ2n) is 7.92. The monoisotopic (exact) mass is 391 g/mol. The second kappa shape index (κ2) is 11.8. The van der Waals surface area contributed by atoms with E-state index < -0.39 is 11.9 Å². The third kappa shape index (κ3) is 6.93. The Bertz CT molecular complexity index is 588. The van der Waals surface area contributed by atoms with Gasteiger partial charge in [-0.2, -0.15) is 0 Å². The van der Waals surface area contributed by atoms with Crippen molar-refractivity contribution in [1.29, 1.82) is 0 Å². The summed E-state index contributed by atoms with van der Waals surface area (Å²) in [5, 5.41) is 9.12. The normalized spacial score (nSPS) is 22.5. The summed E-state index contributed by atoms with van der Waals surface area (Å²) in [6, 6.07) is 10.7. The zero-order chi connectivity index (χ0) is 20.4. The van der Waals surface area contributed by atoms with Gasteiger partial charge in [0.25, 0.3) is 0 Å². The number of unbranched alkanes of at least 4 members (excludes halogenated alkanes) is 1. The predicted octanol–water partition coefficient (Wildman–Crippen LogP) is 4.86. The quantitative estimate of drug-likeness (QED) is 0.673. The van der Waals surface area contributed by atoms with Crippen molar-refractivity contribution in [3.05, 3.63) is 35.9 Å². The highest BCUT2D eigenvalue weighted by Crippen LogP contribution is 2.31. The van der Waals surface area contributed by atoms with Gasteiger partial charge in [-0.15, -0.1) is 0 Å². The van der Waals surface area contributed by atoms with E-state index in [2.05, 4.69) is 11.9 Å².